The summed E-state index contributed by atoms with van der Waals surface area (Å²) >= 11 is 0. The van der Waals surface area contributed by atoms with Crippen LogP contribution in [-0.2, 0) is 16.5 Å². The summed E-state index contributed by atoms with van der Waals surface area (Å²) in [5, 5.41) is 9.00. The van der Waals surface area contributed by atoms with Gasteiger partial charge in [0.15, 0.2) is 0 Å². The maximum absolute atomic E-state index is 8.00. The number of rotatable bonds is 0. The Balaban J connectivity index is -0.0000000275. The summed E-state index contributed by atoms with van der Waals surface area (Å²) in [6, 6.07) is 0. The van der Waals surface area contributed by atoms with Crippen LogP contribution in [0, 0.1) is 15.0 Å². The van der Waals surface area contributed by atoms with Crippen molar-refractivity contribution in [3.63, 3.8) is 0 Å². The van der Waals surface area contributed by atoms with E-state index in [9.17, 15) is 0 Å². The SMILES string of the molecule is O=N[O-].[N-]=O.[Ni+2]. The number of nitrogens with zero attached hydrogens (tertiary/aromatic N) is 2. The Hall–Kier alpha value is -0.506. The molecule has 6 heavy (non-hydrogen) atoms. The molecular weight excluding hydrogens is 135 g/mol. The molecule has 0 fully saturated rings. The maximum atomic E-state index is 8.00. The van der Waals surface area contributed by atoms with Gasteiger partial charge in [-0.3, -0.25) is 0 Å². The number of hydrogen-bond acceptors (Lipinski definition) is 4. The molecule has 38 valence electrons. The van der Waals surface area contributed by atoms with Gasteiger partial charge in [-0.2, -0.15) is 0 Å². The largest absolute Gasteiger partial charge is 2.00 e. The standard InChI is InChI=1S/HNO2.NO.Ni/c2-1-3;1-2;/h(H,2,3);;/q;-1;+2/p-1. The Kier molecular flexibility index (Phi) is 670. The van der Waals surface area contributed by atoms with Crippen LogP contribution in [0.3, 0.4) is 0 Å². The molecule has 0 aliphatic carbocycles. The van der Waals surface area contributed by atoms with E-state index in [4.69, 9.17) is 20.6 Å². The van der Waals surface area contributed by atoms with Crippen molar-refractivity contribution < 1.29 is 16.5 Å². The average molecular weight is 135 g/mol. The molecule has 0 saturated carbocycles. The molecule has 0 aromatic rings. The van der Waals surface area contributed by atoms with Crippen LogP contribution in [0.2, 0.25) is 0 Å². The van der Waals surface area contributed by atoms with Gasteiger partial charge in [-0.25, -0.2) is 0 Å². The second-order valence-electron chi connectivity index (χ2n) is 0.0745. The summed E-state index contributed by atoms with van der Waals surface area (Å²) in [6.45, 7) is 0. The predicted molar refractivity (Wildman–Crippen MR) is 15.9 cm³/mol. The summed E-state index contributed by atoms with van der Waals surface area (Å²) in [5.74, 6) is 0. The summed E-state index contributed by atoms with van der Waals surface area (Å²) in [4.78, 5) is 15.2. The molecule has 0 amide bonds. The van der Waals surface area contributed by atoms with Gasteiger partial charge in [0.2, 0.25) is 0 Å². The molecule has 0 aliphatic heterocycles. The van der Waals surface area contributed by atoms with Gasteiger partial charge in [0.1, 0.15) is 0 Å². The summed E-state index contributed by atoms with van der Waals surface area (Å²) in [6.07, 6.45) is 0. The van der Waals surface area contributed by atoms with Crippen molar-refractivity contribution in [3.8, 4) is 0 Å². The number of nitroso groups, excluding NO2 is 1. The van der Waals surface area contributed by atoms with Crippen molar-refractivity contribution in [2.75, 3.05) is 0 Å². The van der Waals surface area contributed by atoms with Crippen molar-refractivity contribution in [1.29, 1.82) is 0 Å². The van der Waals surface area contributed by atoms with E-state index in [1.165, 1.54) is 0 Å². The Morgan fingerprint density at radius 1 is 1.50 bits per heavy atom. The van der Waals surface area contributed by atoms with E-state index in [0.717, 1.165) is 5.34 Å². The van der Waals surface area contributed by atoms with E-state index in [2.05, 4.69) is 0 Å². The smallest absolute Gasteiger partial charge is 0.577 e. The zero-order valence-corrected chi connectivity index (χ0v) is 3.42. The van der Waals surface area contributed by atoms with Crippen molar-refractivity contribution in [3.05, 3.63) is 20.6 Å². The van der Waals surface area contributed by atoms with Crippen LogP contribution in [0.4, 0.5) is 0 Å². The molecule has 0 N–H and O–H groups in total. The van der Waals surface area contributed by atoms with Gasteiger partial charge < -0.3 is 20.6 Å². The van der Waals surface area contributed by atoms with E-state index in [-0.39, 0.29) is 16.5 Å². The minimum absolute atomic E-state index is 0. The van der Waals surface area contributed by atoms with Crippen LogP contribution in [0.5, 0.6) is 0 Å². The molecule has 0 bridgehead atoms. The molecule has 0 aliphatic rings. The van der Waals surface area contributed by atoms with Gasteiger partial charge >= 0.3 is 16.5 Å². The zero-order valence-electron chi connectivity index (χ0n) is 2.44. The number of hydrogen-bond donors (Lipinski definition) is 0. The minimum Gasteiger partial charge on any atom is -0.577 e. The van der Waals surface area contributed by atoms with Crippen LogP contribution < -0.4 is 0 Å². The third-order valence-electron chi connectivity index (χ3n) is 0. The molecule has 0 saturated heterocycles. The quantitative estimate of drug-likeness (QED) is 0.276. The van der Waals surface area contributed by atoms with Gasteiger partial charge in [-0.1, -0.05) is 0 Å². The fraction of sp³-hybridized carbons (Fsp3) is 0. The molecule has 0 atom stereocenters. The fourth-order valence-electron chi connectivity index (χ4n) is 0. The van der Waals surface area contributed by atoms with E-state index < -0.39 is 0 Å². The molecule has 0 aromatic carbocycles. The first kappa shape index (κ1) is 17.8. The molecule has 0 rings (SSSR count). The van der Waals surface area contributed by atoms with Crippen LogP contribution in [-0.4, -0.2) is 0 Å². The Morgan fingerprint density at radius 2 is 1.50 bits per heavy atom. The topological polar surface area (TPSA) is 91.9 Å². The molecule has 6 heteroatoms. The normalized spacial score (nSPS) is 2.67. The molecule has 0 aromatic heterocycles. The first-order valence-corrected chi connectivity index (χ1v) is 0.548. The third-order valence-corrected chi connectivity index (χ3v) is 0. The van der Waals surface area contributed by atoms with E-state index >= 15 is 0 Å². The van der Waals surface area contributed by atoms with Crippen molar-refractivity contribution in [2.24, 2.45) is 5.34 Å². The van der Waals surface area contributed by atoms with Crippen LogP contribution >= 0.6 is 0 Å². The van der Waals surface area contributed by atoms with Gasteiger partial charge in [0, 0.05) is 0 Å². The molecule has 0 heterocycles. The van der Waals surface area contributed by atoms with E-state index in [1.807, 2.05) is 0 Å². The van der Waals surface area contributed by atoms with Crippen LogP contribution in [0.15, 0.2) is 5.34 Å². The first-order chi connectivity index (χ1) is 2.41. The van der Waals surface area contributed by atoms with Crippen molar-refractivity contribution in [2.45, 2.75) is 0 Å². The van der Waals surface area contributed by atoms with E-state index in [1.54, 1.807) is 0 Å². The Bertz CT molecular complexity index is 22.8. The maximum Gasteiger partial charge on any atom is 2.00 e. The second-order valence-corrected chi connectivity index (χ2v) is 0.0745. The Morgan fingerprint density at radius 3 is 1.50 bits per heavy atom. The van der Waals surface area contributed by atoms with Crippen LogP contribution in [0.25, 0.3) is 5.59 Å². The molecule has 0 spiro atoms. The molecule has 0 unspecified atom stereocenters. The summed E-state index contributed by atoms with van der Waals surface area (Å²) in [7, 11) is 0. The van der Waals surface area contributed by atoms with Gasteiger partial charge in [-0.05, 0) is 0 Å². The molecule has 0 radical (unpaired) electrons. The van der Waals surface area contributed by atoms with Crippen LogP contribution in [0.1, 0.15) is 0 Å². The average Bonchev–Trinajstić information content (AvgIpc) is 1.46. The second kappa shape index (κ2) is 225. The van der Waals surface area contributed by atoms with E-state index in [0.29, 0.717) is 0 Å². The monoisotopic (exact) mass is 134 g/mol. The minimum atomic E-state index is 0. The molecule has 5 nitrogen and oxygen atoms in total. The van der Waals surface area contributed by atoms with Gasteiger partial charge in [0.25, 0.3) is 0 Å². The molecular formula is N2NiO3. The predicted octanol–water partition coefficient (Wildman–Crippen LogP) is 0.570. The zero-order chi connectivity index (χ0) is 4.71. The summed E-state index contributed by atoms with van der Waals surface area (Å²) in [5.41, 5.74) is 5.75. The van der Waals surface area contributed by atoms with Gasteiger partial charge in [-0.15, -0.1) is 5.34 Å². The van der Waals surface area contributed by atoms with Crippen molar-refractivity contribution >= 4 is 0 Å². The van der Waals surface area contributed by atoms with Gasteiger partial charge in [0.05, 0.1) is 0 Å². The third kappa shape index (κ3) is 84.7. The fourth-order valence-corrected chi connectivity index (χ4v) is 0. The summed E-state index contributed by atoms with van der Waals surface area (Å²) < 4.78 is 0. The first-order valence-electron chi connectivity index (χ1n) is 0.548. The van der Waals surface area contributed by atoms with Crippen molar-refractivity contribution in [1.82, 2.24) is 0 Å². The Labute approximate surface area is 43.4 Å².